The highest BCUT2D eigenvalue weighted by Gasteiger charge is 2.53. The second kappa shape index (κ2) is 5.55. The summed E-state index contributed by atoms with van der Waals surface area (Å²) in [5.41, 5.74) is 0.355. The Bertz CT molecular complexity index is 689. The van der Waals surface area contributed by atoms with E-state index in [1.807, 2.05) is 13.8 Å². The molecule has 0 atom stereocenters. The first-order chi connectivity index (χ1) is 10.5. The van der Waals surface area contributed by atoms with Crippen LogP contribution in [0, 0.1) is 11.7 Å². The van der Waals surface area contributed by atoms with Crippen molar-refractivity contribution < 1.29 is 13.7 Å². The highest BCUT2D eigenvalue weighted by molar-refractivity contribution is 5.91. The first-order valence-corrected chi connectivity index (χ1v) is 7.53. The van der Waals surface area contributed by atoms with Crippen LogP contribution >= 0.6 is 0 Å². The second-order valence-electron chi connectivity index (χ2n) is 6.24. The van der Waals surface area contributed by atoms with Crippen molar-refractivity contribution in [1.82, 2.24) is 10.5 Å². The maximum atomic E-state index is 13.8. The van der Waals surface area contributed by atoms with Crippen LogP contribution in [0.15, 0.2) is 34.9 Å². The number of halogens is 1. The molecule has 1 saturated carbocycles. The lowest BCUT2D eigenvalue weighted by Gasteiger charge is -2.13. The van der Waals surface area contributed by atoms with Gasteiger partial charge < -0.3 is 9.84 Å². The molecule has 22 heavy (non-hydrogen) atoms. The molecule has 0 radical (unpaired) electrons. The monoisotopic (exact) mass is 302 g/mol. The molecule has 0 unspecified atom stereocenters. The predicted octanol–water partition coefficient (Wildman–Crippen LogP) is 3.28. The Hall–Kier alpha value is -2.17. The van der Waals surface area contributed by atoms with Crippen LogP contribution in [-0.2, 0) is 10.2 Å². The SMILES string of the molecule is CC(C)CNC(=O)C1(c2cc(-c3ccccc3F)on2)CC1. The van der Waals surface area contributed by atoms with Crippen molar-refractivity contribution in [2.75, 3.05) is 6.54 Å². The van der Waals surface area contributed by atoms with Gasteiger partial charge in [-0.2, -0.15) is 0 Å². The van der Waals surface area contributed by atoms with Gasteiger partial charge in [-0.1, -0.05) is 31.1 Å². The van der Waals surface area contributed by atoms with Gasteiger partial charge in [0.2, 0.25) is 5.91 Å². The molecular formula is C17H19FN2O2. The number of aromatic nitrogens is 1. The molecule has 5 heteroatoms. The Morgan fingerprint density at radius 3 is 2.77 bits per heavy atom. The highest BCUT2D eigenvalue weighted by Crippen LogP contribution is 2.48. The standard InChI is InChI=1S/C17H19FN2O2/c1-11(2)10-19-16(21)17(7-8-17)15-9-14(22-20-15)12-5-3-4-6-13(12)18/h3-6,9,11H,7-8,10H2,1-2H3,(H,19,21). The molecule has 1 aliphatic rings. The van der Waals surface area contributed by atoms with Crippen LogP contribution in [0.5, 0.6) is 0 Å². The summed E-state index contributed by atoms with van der Waals surface area (Å²) < 4.78 is 19.1. The van der Waals surface area contributed by atoms with Crippen molar-refractivity contribution >= 4 is 5.91 Å². The zero-order chi connectivity index (χ0) is 15.7. The second-order valence-corrected chi connectivity index (χ2v) is 6.24. The molecule has 0 aliphatic heterocycles. The molecule has 1 aliphatic carbocycles. The zero-order valence-corrected chi connectivity index (χ0v) is 12.7. The number of rotatable bonds is 5. The first kappa shape index (κ1) is 14.8. The van der Waals surface area contributed by atoms with Crippen molar-refractivity contribution in [3.05, 3.63) is 41.8 Å². The largest absolute Gasteiger partial charge is 0.356 e. The molecule has 0 bridgehead atoms. The van der Waals surface area contributed by atoms with E-state index in [0.29, 0.717) is 29.5 Å². The fourth-order valence-corrected chi connectivity index (χ4v) is 2.48. The number of hydrogen-bond acceptors (Lipinski definition) is 3. The minimum absolute atomic E-state index is 0.0189. The third-order valence-electron chi connectivity index (χ3n) is 4.00. The summed E-state index contributed by atoms with van der Waals surface area (Å²) in [7, 11) is 0. The Kier molecular flexibility index (Phi) is 3.72. The molecule has 1 aromatic carbocycles. The number of amides is 1. The topological polar surface area (TPSA) is 55.1 Å². The Labute approximate surface area is 128 Å². The molecule has 4 nitrogen and oxygen atoms in total. The van der Waals surface area contributed by atoms with Gasteiger partial charge in [0, 0.05) is 12.6 Å². The summed E-state index contributed by atoms with van der Waals surface area (Å²) in [6.07, 6.45) is 1.50. The van der Waals surface area contributed by atoms with Crippen LogP contribution in [0.3, 0.4) is 0 Å². The van der Waals surface area contributed by atoms with E-state index in [9.17, 15) is 9.18 Å². The normalized spacial score (nSPS) is 15.8. The van der Waals surface area contributed by atoms with Gasteiger partial charge in [0.05, 0.1) is 16.7 Å². The van der Waals surface area contributed by atoms with E-state index in [-0.39, 0.29) is 11.7 Å². The van der Waals surface area contributed by atoms with Crippen molar-refractivity contribution in [1.29, 1.82) is 0 Å². The summed E-state index contributed by atoms with van der Waals surface area (Å²) >= 11 is 0. The van der Waals surface area contributed by atoms with Gasteiger partial charge in [0.25, 0.3) is 0 Å². The Morgan fingerprint density at radius 2 is 2.14 bits per heavy atom. The van der Waals surface area contributed by atoms with Crippen molar-refractivity contribution in [2.45, 2.75) is 32.1 Å². The molecule has 1 fully saturated rings. The average molecular weight is 302 g/mol. The van der Waals surface area contributed by atoms with Crippen LogP contribution < -0.4 is 5.32 Å². The summed E-state index contributed by atoms with van der Waals surface area (Å²) in [5.74, 6) is 0.371. The van der Waals surface area contributed by atoms with E-state index in [0.717, 1.165) is 12.8 Å². The van der Waals surface area contributed by atoms with Gasteiger partial charge >= 0.3 is 0 Å². The minimum Gasteiger partial charge on any atom is -0.356 e. The average Bonchev–Trinajstić information content (AvgIpc) is 3.16. The van der Waals surface area contributed by atoms with Crippen molar-refractivity contribution in [3.8, 4) is 11.3 Å². The Balaban J connectivity index is 1.82. The number of hydrogen-bond donors (Lipinski definition) is 1. The predicted molar refractivity (Wildman–Crippen MR) is 80.7 cm³/mol. The lowest BCUT2D eigenvalue weighted by atomic mass is 10.00. The molecule has 0 saturated heterocycles. The number of nitrogens with zero attached hydrogens (tertiary/aromatic N) is 1. The quantitative estimate of drug-likeness (QED) is 0.922. The van der Waals surface area contributed by atoms with Crippen LogP contribution in [-0.4, -0.2) is 17.6 Å². The summed E-state index contributed by atoms with van der Waals surface area (Å²) in [5, 5.41) is 6.96. The lowest BCUT2D eigenvalue weighted by molar-refractivity contribution is -0.123. The van der Waals surface area contributed by atoms with Gasteiger partial charge in [0.15, 0.2) is 5.76 Å². The summed E-state index contributed by atoms with van der Waals surface area (Å²) in [6, 6.07) is 8.05. The molecule has 1 N–H and O–H groups in total. The van der Waals surface area contributed by atoms with E-state index in [1.54, 1.807) is 24.3 Å². The lowest BCUT2D eigenvalue weighted by Crippen LogP contribution is -2.36. The van der Waals surface area contributed by atoms with Gasteiger partial charge in [-0.15, -0.1) is 0 Å². The first-order valence-electron chi connectivity index (χ1n) is 7.53. The highest BCUT2D eigenvalue weighted by atomic mass is 19.1. The summed E-state index contributed by atoms with van der Waals surface area (Å²) in [6.45, 7) is 4.73. The third-order valence-corrected chi connectivity index (χ3v) is 4.00. The van der Waals surface area contributed by atoms with Gasteiger partial charge in [-0.3, -0.25) is 4.79 Å². The minimum atomic E-state index is -0.595. The molecular weight excluding hydrogens is 283 g/mol. The number of carbonyl (C=O) groups is 1. The van der Waals surface area contributed by atoms with E-state index in [2.05, 4.69) is 10.5 Å². The third kappa shape index (κ3) is 2.63. The van der Waals surface area contributed by atoms with E-state index in [4.69, 9.17) is 4.52 Å². The van der Waals surface area contributed by atoms with Crippen molar-refractivity contribution in [3.63, 3.8) is 0 Å². The van der Waals surface area contributed by atoms with Crippen LogP contribution in [0.2, 0.25) is 0 Å². The molecule has 1 amide bonds. The molecule has 2 aromatic rings. The van der Waals surface area contributed by atoms with Gasteiger partial charge in [-0.25, -0.2) is 4.39 Å². The van der Waals surface area contributed by atoms with Crippen molar-refractivity contribution in [2.24, 2.45) is 5.92 Å². The molecule has 116 valence electrons. The Morgan fingerprint density at radius 1 is 1.41 bits per heavy atom. The maximum absolute atomic E-state index is 13.8. The van der Waals surface area contributed by atoms with E-state index >= 15 is 0 Å². The number of carbonyl (C=O) groups excluding carboxylic acids is 1. The zero-order valence-electron chi connectivity index (χ0n) is 12.7. The fraction of sp³-hybridized carbons (Fsp3) is 0.412. The number of nitrogens with one attached hydrogen (secondary N) is 1. The number of benzene rings is 1. The van der Waals surface area contributed by atoms with Crippen LogP contribution in [0.25, 0.3) is 11.3 Å². The molecule has 1 heterocycles. The molecule has 1 aromatic heterocycles. The fourth-order valence-electron chi connectivity index (χ4n) is 2.48. The van der Waals surface area contributed by atoms with E-state index in [1.165, 1.54) is 6.07 Å². The van der Waals surface area contributed by atoms with Crippen LogP contribution in [0.1, 0.15) is 32.4 Å². The van der Waals surface area contributed by atoms with E-state index < -0.39 is 5.41 Å². The molecule has 3 rings (SSSR count). The summed E-state index contributed by atoms with van der Waals surface area (Å²) in [4.78, 5) is 12.4. The van der Waals surface area contributed by atoms with Gasteiger partial charge in [0.1, 0.15) is 5.82 Å². The smallest absolute Gasteiger partial charge is 0.232 e. The maximum Gasteiger partial charge on any atom is 0.232 e. The molecule has 0 spiro atoms. The van der Waals surface area contributed by atoms with Gasteiger partial charge in [-0.05, 0) is 30.9 Å². The van der Waals surface area contributed by atoms with Crippen LogP contribution in [0.4, 0.5) is 4.39 Å².